The molecule has 1 aliphatic rings. The SMILES string of the molecule is O=C(O)/C=C/C(=O)O.O=C1OC(=O)c2ccccc21.OCCCOCCCO. The van der Waals surface area contributed by atoms with E-state index in [0.717, 1.165) is 0 Å². The molecule has 28 heavy (non-hydrogen) atoms. The van der Waals surface area contributed by atoms with Crippen LogP contribution in [0, 0.1) is 0 Å². The van der Waals surface area contributed by atoms with E-state index in [4.69, 9.17) is 25.2 Å². The number of benzene rings is 1. The second kappa shape index (κ2) is 15.0. The highest BCUT2D eigenvalue weighted by molar-refractivity contribution is 6.14. The van der Waals surface area contributed by atoms with E-state index < -0.39 is 23.9 Å². The Morgan fingerprint density at radius 1 is 0.857 bits per heavy atom. The van der Waals surface area contributed by atoms with Gasteiger partial charge in [-0.15, -0.1) is 0 Å². The molecule has 1 aromatic rings. The van der Waals surface area contributed by atoms with Crippen molar-refractivity contribution >= 4 is 23.9 Å². The third kappa shape index (κ3) is 11.5. The van der Waals surface area contributed by atoms with Crippen molar-refractivity contribution in [3.05, 3.63) is 47.5 Å². The first kappa shape index (κ1) is 24.9. The molecule has 10 nitrogen and oxygen atoms in total. The maximum atomic E-state index is 10.8. The molecular weight excluding hydrogens is 376 g/mol. The summed E-state index contributed by atoms with van der Waals surface area (Å²) < 4.78 is 9.35. The zero-order valence-electron chi connectivity index (χ0n) is 14.9. The van der Waals surface area contributed by atoms with Gasteiger partial charge in [0.25, 0.3) is 0 Å². The van der Waals surface area contributed by atoms with E-state index in [1.807, 2.05) is 0 Å². The predicted molar refractivity (Wildman–Crippen MR) is 94.8 cm³/mol. The average Bonchev–Trinajstić information content (AvgIpc) is 2.96. The van der Waals surface area contributed by atoms with E-state index in [2.05, 4.69) is 4.74 Å². The van der Waals surface area contributed by atoms with Crippen LogP contribution in [0.2, 0.25) is 0 Å². The zero-order chi connectivity index (χ0) is 21.4. The van der Waals surface area contributed by atoms with E-state index in [1.165, 1.54) is 0 Å². The lowest BCUT2D eigenvalue weighted by molar-refractivity contribution is -0.134. The maximum absolute atomic E-state index is 10.8. The molecule has 0 unspecified atom stereocenters. The summed E-state index contributed by atoms with van der Waals surface area (Å²) in [6.45, 7) is 1.55. The molecule has 1 aromatic carbocycles. The lowest BCUT2D eigenvalue weighted by atomic mass is 10.1. The van der Waals surface area contributed by atoms with Crippen molar-refractivity contribution < 1.29 is 49.1 Å². The number of aliphatic hydroxyl groups excluding tert-OH is 2. The number of carboxylic acid groups (broad SMARTS) is 2. The van der Waals surface area contributed by atoms with Crippen molar-refractivity contribution in [2.24, 2.45) is 0 Å². The maximum Gasteiger partial charge on any atom is 0.346 e. The third-order valence-corrected chi connectivity index (χ3v) is 2.81. The van der Waals surface area contributed by atoms with Crippen LogP contribution in [0.3, 0.4) is 0 Å². The second-order valence-electron chi connectivity index (χ2n) is 5.00. The van der Waals surface area contributed by atoms with E-state index >= 15 is 0 Å². The van der Waals surface area contributed by atoms with Crippen molar-refractivity contribution in [1.82, 2.24) is 0 Å². The van der Waals surface area contributed by atoms with Crippen molar-refractivity contribution in [2.45, 2.75) is 12.8 Å². The Balaban J connectivity index is 0.000000399. The van der Waals surface area contributed by atoms with Crippen LogP contribution in [-0.2, 0) is 19.1 Å². The second-order valence-corrected chi connectivity index (χ2v) is 5.00. The molecule has 0 atom stereocenters. The molecule has 0 amide bonds. The van der Waals surface area contributed by atoms with Crippen molar-refractivity contribution in [3.8, 4) is 0 Å². The summed E-state index contributed by atoms with van der Waals surface area (Å²) in [5.41, 5.74) is 0.718. The molecule has 0 bridgehead atoms. The smallest absolute Gasteiger partial charge is 0.346 e. The minimum Gasteiger partial charge on any atom is -0.478 e. The standard InChI is InChI=1S/C8H4O3.C6H14O3.C4H4O4/c9-7-5-3-1-2-4-6(5)8(10)11-7;7-3-1-5-9-6-2-4-8;5-3(6)1-2-4(7)8/h1-4H;7-8H,1-6H2;1-2H,(H,5,6)(H,7,8)/b;;2-1+. The first-order chi connectivity index (χ1) is 13.3. The summed E-state index contributed by atoms with van der Waals surface area (Å²) >= 11 is 0. The number of esters is 2. The van der Waals surface area contributed by atoms with Crippen LogP contribution < -0.4 is 0 Å². The molecule has 0 radical (unpaired) electrons. The average molecular weight is 398 g/mol. The molecule has 0 fully saturated rings. The highest BCUT2D eigenvalue weighted by Crippen LogP contribution is 2.18. The Morgan fingerprint density at radius 3 is 1.57 bits per heavy atom. The molecule has 4 N–H and O–H groups in total. The number of hydrogen-bond acceptors (Lipinski definition) is 8. The van der Waals surface area contributed by atoms with Gasteiger partial charge in [0, 0.05) is 38.6 Å². The topological polar surface area (TPSA) is 168 Å². The van der Waals surface area contributed by atoms with Gasteiger partial charge in [0.2, 0.25) is 0 Å². The zero-order valence-corrected chi connectivity index (χ0v) is 14.9. The molecule has 0 saturated carbocycles. The molecule has 1 aliphatic heterocycles. The first-order valence-corrected chi connectivity index (χ1v) is 8.12. The lowest BCUT2D eigenvalue weighted by Crippen LogP contribution is -2.00. The number of aliphatic carboxylic acids is 2. The predicted octanol–water partition coefficient (Wildman–Crippen LogP) is 0.477. The number of ether oxygens (including phenoxy) is 2. The van der Waals surface area contributed by atoms with Crippen molar-refractivity contribution in [3.63, 3.8) is 0 Å². The van der Waals surface area contributed by atoms with Gasteiger partial charge < -0.3 is 29.9 Å². The molecule has 1 heterocycles. The molecule has 0 aromatic heterocycles. The summed E-state index contributed by atoms with van der Waals surface area (Å²) in [6.07, 6.45) is 2.49. The summed E-state index contributed by atoms with van der Waals surface area (Å²) in [7, 11) is 0. The number of hydrogen-bond donors (Lipinski definition) is 4. The Hall–Kier alpha value is -3.08. The van der Waals surface area contributed by atoms with Gasteiger partial charge in [-0.05, 0) is 25.0 Å². The van der Waals surface area contributed by atoms with Gasteiger partial charge in [0.05, 0.1) is 11.1 Å². The normalized spacial score (nSPS) is 11.6. The fraction of sp³-hybridized carbons (Fsp3) is 0.333. The summed E-state index contributed by atoms with van der Waals surface area (Å²) in [4.78, 5) is 40.8. The Kier molecular flexibility index (Phi) is 13.4. The van der Waals surface area contributed by atoms with E-state index in [0.29, 0.717) is 49.3 Å². The molecule has 154 valence electrons. The number of aliphatic hydroxyl groups is 2. The number of carboxylic acids is 2. The minimum absolute atomic E-state index is 0.180. The largest absolute Gasteiger partial charge is 0.478 e. The Labute approximate surface area is 160 Å². The number of fused-ring (bicyclic) bond motifs is 1. The van der Waals surface area contributed by atoms with Crippen molar-refractivity contribution in [2.75, 3.05) is 26.4 Å². The van der Waals surface area contributed by atoms with Crippen LogP contribution in [0.15, 0.2) is 36.4 Å². The van der Waals surface area contributed by atoms with Gasteiger partial charge in [-0.1, -0.05) is 12.1 Å². The number of cyclic esters (lactones) is 2. The first-order valence-electron chi connectivity index (χ1n) is 8.12. The highest BCUT2D eigenvalue weighted by Gasteiger charge is 2.28. The van der Waals surface area contributed by atoms with Crippen LogP contribution in [0.4, 0.5) is 0 Å². The van der Waals surface area contributed by atoms with Crippen LogP contribution in [0.5, 0.6) is 0 Å². The fourth-order valence-corrected chi connectivity index (χ4v) is 1.61. The van der Waals surface area contributed by atoms with Gasteiger partial charge in [-0.25, -0.2) is 19.2 Å². The highest BCUT2D eigenvalue weighted by atomic mass is 16.6. The van der Waals surface area contributed by atoms with Crippen molar-refractivity contribution in [1.29, 1.82) is 0 Å². The van der Waals surface area contributed by atoms with Crippen LogP contribution in [0.1, 0.15) is 33.6 Å². The lowest BCUT2D eigenvalue weighted by Gasteiger charge is -1.99. The summed E-state index contributed by atoms with van der Waals surface area (Å²) in [5.74, 6) is -3.61. The minimum atomic E-state index is -1.26. The van der Waals surface area contributed by atoms with Crippen LogP contribution in [0.25, 0.3) is 0 Å². The number of carbonyl (C=O) groups excluding carboxylic acids is 2. The van der Waals surface area contributed by atoms with E-state index in [-0.39, 0.29) is 13.2 Å². The third-order valence-electron chi connectivity index (χ3n) is 2.81. The van der Waals surface area contributed by atoms with Gasteiger partial charge in [-0.3, -0.25) is 0 Å². The molecule has 0 aliphatic carbocycles. The Bertz CT molecular complexity index is 626. The van der Waals surface area contributed by atoms with Crippen LogP contribution in [-0.4, -0.2) is 70.7 Å². The van der Waals surface area contributed by atoms with Gasteiger partial charge in [0.15, 0.2) is 0 Å². The molecule has 0 saturated heterocycles. The van der Waals surface area contributed by atoms with Gasteiger partial charge in [-0.2, -0.15) is 0 Å². The molecule has 0 spiro atoms. The van der Waals surface area contributed by atoms with E-state index in [1.54, 1.807) is 24.3 Å². The van der Waals surface area contributed by atoms with Gasteiger partial charge >= 0.3 is 23.9 Å². The quantitative estimate of drug-likeness (QED) is 0.209. The fourth-order valence-electron chi connectivity index (χ4n) is 1.61. The molecular formula is C18H22O10. The molecule has 2 rings (SSSR count). The Morgan fingerprint density at radius 2 is 1.25 bits per heavy atom. The monoisotopic (exact) mass is 398 g/mol. The van der Waals surface area contributed by atoms with Gasteiger partial charge in [0.1, 0.15) is 0 Å². The number of carbonyl (C=O) groups is 4. The number of rotatable bonds is 8. The summed E-state index contributed by atoms with van der Waals surface area (Å²) in [6, 6.07) is 6.53. The van der Waals surface area contributed by atoms with E-state index in [9.17, 15) is 19.2 Å². The molecule has 10 heteroatoms. The summed E-state index contributed by atoms with van der Waals surface area (Å²) in [5, 5.41) is 32.2. The van der Waals surface area contributed by atoms with Crippen LogP contribution >= 0.6 is 0 Å².